The molecule has 114 valence electrons. The lowest BCUT2D eigenvalue weighted by Gasteiger charge is -2.55. The van der Waals surface area contributed by atoms with Crippen molar-refractivity contribution in [3.8, 4) is 0 Å². The van der Waals surface area contributed by atoms with Crippen molar-refractivity contribution in [1.29, 1.82) is 0 Å². The molecule has 0 aromatic rings. The Hall–Kier alpha value is -0.260. The van der Waals surface area contributed by atoms with Crippen LogP contribution < -0.4 is 0 Å². The van der Waals surface area contributed by atoms with Gasteiger partial charge in [0.1, 0.15) is 0 Å². The fraction of sp³-hybridized carbons (Fsp3) is 0.900. The molecule has 3 aliphatic carbocycles. The second-order valence-corrected chi connectivity index (χ2v) is 8.55. The third-order valence-electron chi connectivity index (χ3n) is 7.51. The Balaban J connectivity index is 1.77. The van der Waals surface area contributed by atoms with Gasteiger partial charge in [-0.05, 0) is 86.9 Å². The van der Waals surface area contributed by atoms with Crippen molar-refractivity contribution in [3.63, 3.8) is 0 Å². The first-order valence-electron chi connectivity index (χ1n) is 9.21. The van der Waals surface area contributed by atoms with E-state index in [-0.39, 0.29) is 0 Å². The van der Waals surface area contributed by atoms with Crippen LogP contribution in [0.1, 0.15) is 79.1 Å². The minimum Gasteiger partial charge on any atom is -0.0853 e. The zero-order chi connectivity index (χ0) is 14.3. The number of hydrogen-bond donors (Lipinski definition) is 0. The van der Waals surface area contributed by atoms with Gasteiger partial charge in [0.05, 0.1) is 0 Å². The molecule has 0 aliphatic heterocycles. The van der Waals surface area contributed by atoms with Gasteiger partial charge in [-0.15, -0.1) is 0 Å². The Bertz CT molecular complexity index is 379. The minimum absolute atomic E-state index is 0.642. The summed E-state index contributed by atoms with van der Waals surface area (Å²) in [4.78, 5) is 0. The lowest BCUT2D eigenvalue weighted by molar-refractivity contribution is -0.0494. The van der Waals surface area contributed by atoms with E-state index in [0.29, 0.717) is 5.41 Å². The maximum atomic E-state index is 2.59. The number of fused-ring (bicyclic) bond motifs is 3. The van der Waals surface area contributed by atoms with Gasteiger partial charge in [0.15, 0.2) is 0 Å². The molecule has 2 fully saturated rings. The smallest absolute Gasteiger partial charge is 0.0292 e. The van der Waals surface area contributed by atoms with Gasteiger partial charge in [0.25, 0.3) is 0 Å². The first-order valence-corrected chi connectivity index (χ1v) is 9.21. The Morgan fingerprint density at radius 3 is 2.70 bits per heavy atom. The number of hydrogen-bond acceptors (Lipinski definition) is 0. The van der Waals surface area contributed by atoms with Crippen molar-refractivity contribution in [2.24, 2.45) is 35.0 Å². The van der Waals surface area contributed by atoms with E-state index < -0.39 is 0 Å². The van der Waals surface area contributed by atoms with Crippen molar-refractivity contribution in [2.75, 3.05) is 0 Å². The summed E-state index contributed by atoms with van der Waals surface area (Å²) < 4.78 is 0. The Morgan fingerprint density at radius 2 is 1.95 bits per heavy atom. The highest BCUT2D eigenvalue weighted by Crippen LogP contribution is 2.58. The van der Waals surface area contributed by atoms with E-state index in [4.69, 9.17) is 0 Å². The summed E-state index contributed by atoms with van der Waals surface area (Å²) in [6.07, 6.45) is 14.3. The van der Waals surface area contributed by atoms with Crippen molar-refractivity contribution < 1.29 is 0 Å². The molecule has 0 heteroatoms. The van der Waals surface area contributed by atoms with Crippen LogP contribution in [0.2, 0.25) is 0 Å². The summed E-state index contributed by atoms with van der Waals surface area (Å²) in [6.45, 7) is 9.91. The molecule has 20 heavy (non-hydrogen) atoms. The molecule has 3 rings (SSSR count). The molecule has 0 amide bonds. The summed E-state index contributed by atoms with van der Waals surface area (Å²) in [6, 6.07) is 0. The molecule has 0 spiro atoms. The van der Waals surface area contributed by atoms with Crippen LogP contribution >= 0.6 is 0 Å². The van der Waals surface area contributed by atoms with Crippen LogP contribution in [0.25, 0.3) is 0 Å². The van der Waals surface area contributed by atoms with Crippen LogP contribution in [0.4, 0.5) is 0 Å². The van der Waals surface area contributed by atoms with Crippen LogP contribution in [0, 0.1) is 35.0 Å². The van der Waals surface area contributed by atoms with Gasteiger partial charge in [-0.1, -0.05) is 38.8 Å². The second-order valence-electron chi connectivity index (χ2n) is 8.55. The van der Waals surface area contributed by atoms with Gasteiger partial charge in [0, 0.05) is 0 Å². The molecule has 0 nitrogen and oxygen atoms in total. The third-order valence-corrected chi connectivity index (χ3v) is 7.51. The first-order chi connectivity index (χ1) is 9.55. The van der Waals surface area contributed by atoms with E-state index in [1.54, 1.807) is 5.57 Å². The monoisotopic (exact) mass is 274 g/mol. The van der Waals surface area contributed by atoms with Gasteiger partial charge in [0.2, 0.25) is 0 Å². The molecular formula is C20H34. The maximum absolute atomic E-state index is 2.59. The van der Waals surface area contributed by atoms with E-state index in [9.17, 15) is 0 Å². The summed E-state index contributed by atoms with van der Waals surface area (Å²) >= 11 is 0. The molecule has 0 aromatic heterocycles. The van der Waals surface area contributed by atoms with Gasteiger partial charge in [-0.2, -0.15) is 0 Å². The predicted octanol–water partition coefficient (Wildman–Crippen LogP) is 6.22. The van der Waals surface area contributed by atoms with E-state index in [0.717, 1.165) is 29.6 Å². The molecule has 2 saturated carbocycles. The van der Waals surface area contributed by atoms with Crippen molar-refractivity contribution in [2.45, 2.75) is 79.1 Å². The maximum Gasteiger partial charge on any atom is -0.0292 e. The van der Waals surface area contributed by atoms with E-state index in [1.165, 1.54) is 51.4 Å². The molecule has 6 atom stereocenters. The molecule has 0 N–H and O–H groups in total. The second kappa shape index (κ2) is 5.50. The van der Waals surface area contributed by atoms with Gasteiger partial charge in [-0.25, -0.2) is 0 Å². The molecule has 0 aromatic carbocycles. The normalized spacial score (nSPS) is 48.2. The molecule has 0 heterocycles. The largest absolute Gasteiger partial charge is 0.0853 e. The quantitative estimate of drug-likeness (QED) is 0.524. The van der Waals surface area contributed by atoms with Crippen LogP contribution in [-0.4, -0.2) is 0 Å². The van der Waals surface area contributed by atoms with Crippen molar-refractivity contribution in [1.82, 2.24) is 0 Å². The molecule has 0 bridgehead atoms. The highest BCUT2D eigenvalue weighted by Gasteiger charge is 2.49. The van der Waals surface area contributed by atoms with Gasteiger partial charge in [-0.3, -0.25) is 0 Å². The van der Waals surface area contributed by atoms with Crippen molar-refractivity contribution >= 4 is 0 Å². The Labute approximate surface area is 126 Å². The van der Waals surface area contributed by atoms with Crippen LogP contribution in [0.15, 0.2) is 11.6 Å². The van der Waals surface area contributed by atoms with Crippen LogP contribution in [0.3, 0.4) is 0 Å². The average Bonchev–Trinajstić information content (AvgIpc) is 2.43. The molecule has 3 aliphatic rings. The van der Waals surface area contributed by atoms with Crippen LogP contribution in [-0.2, 0) is 0 Å². The molecule has 0 saturated heterocycles. The third kappa shape index (κ3) is 2.38. The summed E-state index contributed by atoms with van der Waals surface area (Å²) in [5.74, 6) is 5.11. The zero-order valence-electron chi connectivity index (χ0n) is 14.1. The molecule has 0 radical (unpaired) electrons. The summed E-state index contributed by atoms with van der Waals surface area (Å²) in [5.41, 5.74) is 2.31. The fourth-order valence-corrected chi connectivity index (χ4v) is 6.17. The lowest BCUT2D eigenvalue weighted by Crippen LogP contribution is -2.47. The van der Waals surface area contributed by atoms with E-state index in [1.807, 2.05) is 0 Å². The highest BCUT2D eigenvalue weighted by molar-refractivity contribution is 5.10. The number of allylic oxidation sites excluding steroid dienone is 2. The Morgan fingerprint density at radius 1 is 1.15 bits per heavy atom. The van der Waals surface area contributed by atoms with E-state index >= 15 is 0 Å². The summed E-state index contributed by atoms with van der Waals surface area (Å²) in [7, 11) is 0. The lowest BCUT2D eigenvalue weighted by atomic mass is 9.50. The highest BCUT2D eigenvalue weighted by atomic mass is 14.5. The standard InChI is InChI=1S/C20H34/c1-5-11-20(4)12-10-19-17(15(20)3)9-7-16-13-14(2)6-8-18(16)19/h6,15-19H,5,7-13H2,1-4H3. The predicted molar refractivity (Wildman–Crippen MR) is 87.6 cm³/mol. The minimum atomic E-state index is 0.642. The van der Waals surface area contributed by atoms with Gasteiger partial charge >= 0.3 is 0 Å². The summed E-state index contributed by atoms with van der Waals surface area (Å²) in [5, 5.41) is 0. The fourth-order valence-electron chi connectivity index (χ4n) is 6.17. The zero-order valence-corrected chi connectivity index (χ0v) is 14.1. The molecule has 6 unspecified atom stereocenters. The molecular weight excluding hydrogens is 240 g/mol. The van der Waals surface area contributed by atoms with Gasteiger partial charge < -0.3 is 0 Å². The van der Waals surface area contributed by atoms with Crippen molar-refractivity contribution in [3.05, 3.63) is 11.6 Å². The van der Waals surface area contributed by atoms with E-state index in [2.05, 4.69) is 33.8 Å². The first kappa shape index (κ1) is 14.7. The Kier molecular flexibility index (Phi) is 4.04. The SMILES string of the molecule is CCCC1(C)CCC2C3CC=C(C)CC3CCC2C1C. The van der Waals surface area contributed by atoms with Crippen LogP contribution in [0.5, 0.6) is 0 Å². The number of rotatable bonds is 2. The topological polar surface area (TPSA) is 0 Å². The average molecular weight is 274 g/mol.